The van der Waals surface area contributed by atoms with Gasteiger partial charge in [-0.15, -0.1) is 11.3 Å². The van der Waals surface area contributed by atoms with Crippen molar-refractivity contribution < 1.29 is 0 Å². The minimum atomic E-state index is 0.671. The van der Waals surface area contributed by atoms with Crippen LogP contribution >= 0.6 is 11.3 Å². The molecule has 0 amide bonds. The Morgan fingerprint density at radius 2 is 2.38 bits per heavy atom. The van der Waals surface area contributed by atoms with Crippen LogP contribution in [-0.4, -0.2) is 17.6 Å². The summed E-state index contributed by atoms with van der Waals surface area (Å²) in [6, 6.07) is 0.671. The fraction of sp³-hybridized carbons (Fsp3) is 0.769. The van der Waals surface area contributed by atoms with E-state index in [0.717, 1.165) is 18.9 Å². The molecule has 1 heterocycles. The third-order valence-electron chi connectivity index (χ3n) is 3.45. The monoisotopic (exact) mass is 238 g/mol. The molecule has 0 spiro atoms. The molecule has 1 atom stereocenters. The Hall–Kier alpha value is -0.410. The van der Waals surface area contributed by atoms with Crippen molar-refractivity contribution in [2.45, 2.75) is 52.0 Å². The van der Waals surface area contributed by atoms with Gasteiger partial charge in [0.25, 0.3) is 0 Å². The van der Waals surface area contributed by atoms with E-state index >= 15 is 0 Å². The van der Waals surface area contributed by atoms with Crippen molar-refractivity contribution in [3.05, 3.63) is 16.1 Å². The van der Waals surface area contributed by atoms with E-state index in [9.17, 15) is 0 Å². The molecule has 0 saturated heterocycles. The molecule has 2 nitrogen and oxygen atoms in total. The average Bonchev–Trinajstić information content (AvgIpc) is 2.58. The van der Waals surface area contributed by atoms with E-state index in [1.54, 1.807) is 11.3 Å². The van der Waals surface area contributed by atoms with Crippen LogP contribution in [0.4, 0.5) is 0 Å². The number of hydrogen-bond acceptors (Lipinski definition) is 3. The highest BCUT2D eigenvalue weighted by Gasteiger charge is 2.19. The van der Waals surface area contributed by atoms with Crippen LogP contribution in [0.25, 0.3) is 0 Å². The molecule has 1 saturated carbocycles. The van der Waals surface area contributed by atoms with Gasteiger partial charge in [-0.1, -0.05) is 19.3 Å². The van der Waals surface area contributed by atoms with Crippen LogP contribution in [0.1, 0.15) is 43.3 Å². The number of rotatable bonds is 6. The van der Waals surface area contributed by atoms with Gasteiger partial charge < -0.3 is 5.32 Å². The maximum absolute atomic E-state index is 4.47. The van der Waals surface area contributed by atoms with Crippen molar-refractivity contribution in [1.29, 1.82) is 0 Å². The molecule has 90 valence electrons. The molecular weight excluding hydrogens is 216 g/mol. The number of hydrogen-bond donors (Lipinski definition) is 1. The lowest BCUT2D eigenvalue weighted by atomic mass is 9.81. The molecule has 16 heavy (non-hydrogen) atoms. The second-order valence-electron chi connectivity index (χ2n) is 5.00. The molecule has 1 unspecified atom stereocenters. The van der Waals surface area contributed by atoms with Crippen molar-refractivity contribution in [3.63, 3.8) is 0 Å². The van der Waals surface area contributed by atoms with Crippen LogP contribution in [0.2, 0.25) is 0 Å². The first-order chi connectivity index (χ1) is 7.74. The molecule has 1 aliphatic rings. The van der Waals surface area contributed by atoms with Crippen LogP contribution in [0.15, 0.2) is 5.38 Å². The lowest BCUT2D eigenvalue weighted by molar-refractivity contribution is 0.266. The van der Waals surface area contributed by atoms with Gasteiger partial charge in [-0.05, 0) is 26.2 Å². The first kappa shape index (κ1) is 12.1. The fourth-order valence-electron chi connectivity index (χ4n) is 2.28. The van der Waals surface area contributed by atoms with Crippen molar-refractivity contribution in [2.75, 3.05) is 6.54 Å². The molecule has 0 aliphatic heterocycles. The van der Waals surface area contributed by atoms with Gasteiger partial charge in [0.1, 0.15) is 0 Å². The summed E-state index contributed by atoms with van der Waals surface area (Å²) in [6.07, 6.45) is 6.79. The van der Waals surface area contributed by atoms with Gasteiger partial charge in [-0.25, -0.2) is 4.98 Å². The van der Waals surface area contributed by atoms with Crippen LogP contribution < -0.4 is 5.32 Å². The maximum atomic E-state index is 4.47. The summed E-state index contributed by atoms with van der Waals surface area (Å²) < 4.78 is 0. The summed E-state index contributed by atoms with van der Waals surface area (Å²) in [7, 11) is 0. The quantitative estimate of drug-likeness (QED) is 0.823. The van der Waals surface area contributed by atoms with Crippen LogP contribution in [0.5, 0.6) is 0 Å². The summed E-state index contributed by atoms with van der Waals surface area (Å²) in [5.74, 6) is 1.00. The van der Waals surface area contributed by atoms with Crippen LogP contribution in [0, 0.1) is 12.8 Å². The van der Waals surface area contributed by atoms with E-state index in [4.69, 9.17) is 0 Å². The lowest BCUT2D eigenvalue weighted by Gasteiger charge is -2.28. The first-order valence-electron chi connectivity index (χ1n) is 6.38. The minimum Gasteiger partial charge on any atom is -0.314 e. The van der Waals surface area contributed by atoms with E-state index in [0.29, 0.717) is 6.04 Å². The summed E-state index contributed by atoms with van der Waals surface area (Å²) >= 11 is 1.75. The molecule has 1 aliphatic carbocycles. The van der Waals surface area contributed by atoms with E-state index < -0.39 is 0 Å². The summed E-state index contributed by atoms with van der Waals surface area (Å²) in [4.78, 5) is 4.47. The van der Waals surface area contributed by atoms with E-state index in [-0.39, 0.29) is 0 Å². The Kier molecular flexibility index (Phi) is 4.36. The second kappa shape index (κ2) is 5.78. The second-order valence-corrected chi connectivity index (χ2v) is 6.06. The Morgan fingerprint density at radius 3 is 2.94 bits per heavy atom. The smallest absolute Gasteiger partial charge is 0.0897 e. The Morgan fingerprint density at radius 1 is 1.56 bits per heavy atom. The first-order valence-corrected chi connectivity index (χ1v) is 7.26. The number of aryl methyl sites for hydroxylation is 1. The van der Waals surface area contributed by atoms with Gasteiger partial charge >= 0.3 is 0 Å². The molecule has 3 heteroatoms. The van der Waals surface area contributed by atoms with Crippen LogP contribution in [0.3, 0.4) is 0 Å². The zero-order valence-corrected chi connectivity index (χ0v) is 11.1. The predicted molar refractivity (Wildman–Crippen MR) is 70.0 cm³/mol. The molecule has 0 radical (unpaired) electrons. The van der Waals surface area contributed by atoms with Crippen molar-refractivity contribution in [1.82, 2.24) is 10.3 Å². The van der Waals surface area contributed by atoms with Crippen molar-refractivity contribution in [2.24, 2.45) is 5.92 Å². The topological polar surface area (TPSA) is 24.9 Å². The van der Waals surface area contributed by atoms with Crippen molar-refractivity contribution >= 4 is 11.3 Å². The van der Waals surface area contributed by atoms with Gasteiger partial charge in [0.05, 0.1) is 10.7 Å². The van der Waals surface area contributed by atoms with E-state index in [1.807, 2.05) is 0 Å². The maximum Gasteiger partial charge on any atom is 0.0897 e. The third-order valence-corrected chi connectivity index (χ3v) is 4.27. The summed E-state index contributed by atoms with van der Waals surface area (Å²) in [5.41, 5.74) is 1.24. The molecule has 2 rings (SSSR count). The van der Waals surface area contributed by atoms with E-state index in [2.05, 4.69) is 29.5 Å². The predicted octanol–water partition coefficient (Wildman–Crippen LogP) is 3.16. The minimum absolute atomic E-state index is 0.671. The fourth-order valence-corrected chi connectivity index (χ4v) is 2.93. The van der Waals surface area contributed by atoms with Gasteiger partial charge in [-0.2, -0.15) is 0 Å². The number of thiazole rings is 1. The van der Waals surface area contributed by atoms with Gasteiger partial charge in [0, 0.05) is 24.4 Å². The SMILES string of the molecule is Cc1nc(CCNC(C)CC2CCC2)cs1. The normalized spacial score (nSPS) is 18.4. The molecule has 0 bridgehead atoms. The van der Waals surface area contributed by atoms with Gasteiger partial charge in [-0.3, -0.25) is 0 Å². The third kappa shape index (κ3) is 3.56. The Balaban J connectivity index is 1.59. The largest absolute Gasteiger partial charge is 0.314 e. The molecular formula is C13H22N2S. The highest BCUT2D eigenvalue weighted by atomic mass is 32.1. The van der Waals surface area contributed by atoms with Crippen molar-refractivity contribution in [3.8, 4) is 0 Å². The zero-order chi connectivity index (χ0) is 11.4. The molecule has 1 aromatic rings. The number of aromatic nitrogens is 1. The standard InChI is InChI=1S/C13H22N2S/c1-10(8-12-4-3-5-12)14-7-6-13-9-16-11(2)15-13/h9-10,12,14H,3-8H2,1-2H3. The lowest BCUT2D eigenvalue weighted by Crippen LogP contribution is -2.31. The average molecular weight is 238 g/mol. The summed E-state index contributed by atoms with van der Waals surface area (Å²) in [5, 5.41) is 6.96. The van der Waals surface area contributed by atoms with E-state index in [1.165, 1.54) is 36.4 Å². The van der Waals surface area contributed by atoms with Crippen LogP contribution in [-0.2, 0) is 6.42 Å². The molecule has 1 N–H and O–H groups in total. The highest BCUT2D eigenvalue weighted by Crippen LogP contribution is 2.30. The highest BCUT2D eigenvalue weighted by molar-refractivity contribution is 7.09. The van der Waals surface area contributed by atoms with Gasteiger partial charge in [0.2, 0.25) is 0 Å². The molecule has 1 fully saturated rings. The molecule has 1 aromatic heterocycles. The molecule has 0 aromatic carbocycles. The Bertz CT molecular complexity index is 317. The summed E-state index contributed by atoms with van der Waals surface area (Å²) in [6.45, 7) is 5.45. The van der Waals surface area contributed by atoms with Gasteiger partial charge in [0.15, 0.2) is 0 Å². The Labute approximate surface area is 102 Å². The number of nitrogens with zero attached hydrogens (tertiary/aromatic N) is 1. The number of nitrogens with one attached hydrogen (secondary N) is 1. The zero-order valence-electron chi connectivity index (χ0n) is 10.3.